The molecule has 1 saturated heterocycles. The number of aryl methyl sites for hydroxylation is 1. The molecule has 0 unspecified atom stereocenters. The molecular formula is C20H26N4O2. The number of hydrogen-bond donors (Lipinski definition) is 1. The van der Waals surface area contributed by atoms with Gasteiger partial charge in [0.2, 0.25) is 0 Å². The first-order valence-electron chi connectivity index (χ1n) is 9.20. The van der Waals surface area contributed by atoms with E-state index in [1.807, 2.05) is 36.1 Å². The predicted octanol–water partition coefficient (Wildman–Crippen LogP) is 3.80. The van der Waals surface area contributed by atoms with Crippen LogP contribution in [0.3, 0.4) is 0 Å². The van der Waals surface area contributed by atoms with Crippen LogP contribution in [0.4, 0.5) is 11.5 Å². The summed E-state index contributed by atoms with van der Waals surface area (Å²) in [6.07, 6.45) is 2.09. The van der Waals surface area contributed by atoms with Gasteiger partial charge >= 0.3 is 0 Å². The van der Waals surface area contributed by atoms with Gasteiger partial charge in [-0.3, -0.25) is 4.79 Å². The van der Waals surface area contributed by atoms with Crippen molar-refractivity contribution in [2.24, 2.45) is 5.92 Å². The first-order chi connectivity index (χ1) is 12.6. The van der Waals surface area contributed by atoms with E-state index >= 15 is 0 Å². The van der Waals surface area contributed by atoms with Crippen LogP contribution in [0.15, 0.2) is 30.3 Å². The maximum atomic E-state index is 12.8. The first kappa shape index (κ1) is 18.2. The van der Waals surface area contributed by atoms with Gasteiger partial charge < -0.3 is 15.0 Å². The number of aromatic nitrogens is 2. The number of para-hydroxylation sites is 2. The molecule has 1 aromatic heterocycles. The van der Waals surface area contributed by atoms with Crippen LogP contribution in [0.2, 0.25) is 0 Å². The molecule has 6 heteroatoms. The first-order valence-corrected chi connectivity index (χ1v) is 9.20. The number of carbonyl (C=O) groups excluding carboxylic acids is 1. The van der Waals surface area contributed by atoms with Crippen molar-refractivity contribution in [2.75, 3.05) is 25.0 Å². The van der Waals surface area contributed by atoms with Crippen molar-refractivity contribution in [2.45, 2.75) is 33.6 Å². The summed E-state index contributed by atoms with van der Waals surface area (Å²) in [6.45, 7) is 8.14. The Morgan fingerprint density at radius 2 is 2.00 bits per heavy atom. The Morgan fingerprint density at radius 3 is 2.73 bits per heavy atom. The van der Waals surface area contributed by atoms with Gasteiger partial charge in [-0.2, -0.15) is 0 Å². The maximum absolute atomic E-state index is 12.8. The van der Waals surface area contributed by atoms with E-state index in [1.54, 1.807) is 13.0 Å². The summed E-state index contributed by atoms with van der Waals surface area (Å²) in [7, 11) is 0. The van der Waals surface area contributed by atoms with E-state index in [0.29, 0.717) is 29.9 Å². The highest BCUT2D eigenvalue weighted by Crippen LogP contribution is 2.27. The van der Waals surface area contributed by atoms with Crippen LogP contribution in [0, 0.1) is 12.8 Å². The number of benzene rings is 1. The fourth-order valence-corrected chi connectivity index (χ4v) is 3.10. The Balaban J connectivity index is 1.81. The molecule has 1 fully saturated rings. The van der Waals surface area contributed by atoms with Crippen LogP contribution in [0.5, 0.6) is 5.75 Å². The fourth-order valence-electron chi connectivity index (χ4n) is 3.10. The van der Waals surface area contributed by atoms with Crippen LogP contribution in [-0.4, -0.2) is 40.5 Å². The highest BCUT2D eigenvalue weighted by molar-refractivity contribution is 5.93. The molecule has 1 aliphatic heterocycles. The number of anilines is 2. The van der Waals surface area contributed by atoms with Crippen LogP contribution in [-0.2, 0) is 0 Å². The zero-order chi connectivity index (χ0) is 18.5. The molecule has 0 radical (unpaired) electrons. The van der Waals surface area contributed by atoms with E-state index in [4.69, 9.17) is 4.74 Å². The molecular weight excluding hydrogens is 328 g/mol. The van der Waals surface area contributed by atoms with E-state index < -0.39 is 0 Å². The normalized spacial score (nSPS) is 15.0. The summed E-state index contributed by atoms with van der Waals surface area (Å²) in [6, 6.07) is 9.40. The highest BCUT2D eigenvalue weighted by atomic mass is 16.5. The molecule has 2 heterocycles. The third kappa shape index (κ3) is 4.31. The van der Waals surface area contributed by atoms with Gasteiger partial charge in [-0.1, -0.05) is 19.1 Å². The summed E-state index contributed by atoms with van der Waals surface area (Å²) >= 11 is 0. The summed E-state index contributed by atoms with van der Waals surface area (Å²) < 4.78 is 5.64. The smallest absolute Gasteiger partial charge is 0.272 e. The average molecular weight is 354 g/mol. The van der Waals surface area contributed by atoms with Crippen LogP contribution < -0.4 is 10.1 Å². The number of likely N-dealkylation sites (tertiary alicyclic amines) is 1. The second-order valence-electron chi connectivity index (χ2n) is 6.71. The van der Waals surface area contributed by atoms with Gasteiger partial charge in [-0.25, -0.2) is 9.97 Å². The maximum Gasteiger partial charge on any atom is 0.272 e. The van der Waals surface area contributed by atoms with E-state index in [-0.39, 0.29) is 5.91 Å². The molecule has 0 bridgehead atoms. The van der Waals surface area contributed by atoms with Gasteiger partial charge in [0.05, 0.1) is 12.3 Å². The molecule has 0 aliphatic carbocycles. The number of ether oxygens (including phenoxy) is 1. The number of nitrogens with zero attached hydrogens (tertiary/aromatic N) is 3. The van der Waals surface area contributed by atoms with Gasteiger partial charge in [0.15, 0.2) is 0 Å². The van der Waals surface area contributed by atoms with Gasteiger partial charge in [0.1, 0.15) is 23.1 Å². The largest absolute Gasteiger partial charge is 0.492 e. The summed E-state index contributed by atoms with van der Waals surface area (Å²) in [4.78, 5) is 23.5. The molecule has 0 atom stereocenters. The minimum atomic E-state index is -0.0245. The van der Waals surface area contributed by atoms with Crippen molar-refractivity contribution in [1.29, 1.82) is 0 Å². The second-order valence-corrected chi connectivity index (χ2v) is 6.71. The van der Waals surface area contributed by atoms with E-state index in [2.05, 4.69) is 22.2 Å². The monoisotopic (exact) mass is 354 g/mol. The lowest BCUT2D eigenvalue weighted by atomic mass is 9.99. The van der Waals surface area contributed by atoms with Gasteiger partial charge in [-0.05, 0) is 44.7 Å². The summed E-state index contributed by atoms with van der Waals surface area (Å²) in [5, 5.41) is 3.26. The van der Waals surface area contributed by atoms with Gasteiger partial charge in [-0.15, -0.1) is 0 Å². The molecule has 138 valence electrons. The van der Waals surface area contributed by atoms with Crippen LogP contribution in [0.25, 0.3) is 0 Å². The van der Waals surface area contributed by atoms with Gasteiger partial charge in [0, 0.05) is 19.2 Å². The molecule has 1 amide bonds. The van der Waals surface area contributed by atoms with Crippen molar-refractivity contribution < 1.29 is 9.53 Å². The Morgan fingerprint density at radius 1 is 1.27 bits per heavy atom. The van der Waals surface area contributed by atoms with E-state index in [0.717, 1.165) is 37.4 Å². The number of carbonyl (C=O) groups is 1. The number of amides is 1. The van der Waals surface area contributed by atoms with Crippen molar-refractivity contribution in [3.05, 3.63) is 41.9 Å². The van der Waals surface area contributed by atoms with Gasteiger partial charge in [0.25, 0.3) is 5.91 Å². The zero-order valence-corrected chi connectivity index (χ0v) is 15.7. The quantitative estimate of drug-likeness (QED) is 0.884. The zero-order valence-electron chi connectivity index (χ0n) is 15.7. The SMILES string of the molecule is CCOc1ccccc1Nc1cc(C(=O)N2CCC(C)CC2)nc(C)n1. The Bertz CT molecular complexity index is 770. The van der Waals surface area contributed by atoms with Crippen molar-refractivity contribution >= 4 is 17.4 Å². The number of hydrogen-bond acceptors (Lipinski definition) is 5. The lowest BCUT2D eigenvalue weighted by molar-refractivity contribution is 0.0691. The predicted molar refractivity (Wildman–Crippen MR) is 102 cm³/mol. The summed E-state index contributed by atoms with van der Waals surface area (Å²) in [5.41, 5.74) is 1.25. The second kappa shape index (κ2) is 8.17. The molecule has 3 rings (SSSR count). The minimum absolute atomic E-state index is 0.0245. The summed E-state index contributed by atoms with van der Waals surface area (Å²) in [5.74, 6) is 2.57. The Hall–Kier alpha value is -2.63. The lowest BCUT2D eigenvalue weighted by Crippen LogP contribution is -2.38. The third-order valence-electron chi connectivity index (χ3n) is 4.58. The molecule has 1 aliphatic rings. The molecule has 26 heavy (non-hydrogen) atoms. The van der Waals surface area contributed by atoms with Crippen LogP contribution >= 0.6 is 0 Å². The third-order valence-corrected chi connectivity index (χ3v) is 4.58. The fraction of sp³-hybridized carbons (Fsp3) is 0.450. The molecule has 0 spiro atoms. The Kier molecular flexibility index (Phi) is 5.71. The molecule has 2 aromatic rings. The van der Waals surface area contributed by atoms with Crippen molar-refractivity contribution in [1.82, 2.24) is 14.9 Å². The van der Waals surface area contributed by atoms with E-state index in [1.165, 1.54) is 0 Å². The molecule has 0 saturated carbocycles. The molecule has 1 N–H and O–H groups in total. The standard InChI is InChI=1S/C20H26N4O2/c1-4-26-18-8-6-5-7-16(18)23-19-13-17(21-15(3)22-19)20(25)24-11-9-14(2)10-12-24/h5-8,13-14H,4,9-12H2,1-3H3,(H,21,22,23). The lowest BCUT2D eigenvalue weighted by Gasteiger charge is -2.30. The van der Waals surface area contributed by atoms with Crippen molar-refractivity contribution in [3.8, 4) is 5.75 Å². The highest BCUT2D eigenvalue weighted by Gasteiger charge is 2.23. The minimum Gasteiger partial charge on any atom is -0.492 e. The topological polar surface area (TPSA) is 67.3 Å². The van der Waals surface area contributed by atoms with Crippen LogP contribution in [0.1, 0.15) is 43.0 Å². The number of nitrogens with one attached hydrogen (secondary N) is 1. The Labute approximate surface area is 154 Å². The number of rotatable bonds is 5. The molecule has 6 nitrogen and oxygen atoms in total. The number of piperidine rings is 1. The molecule has 1 aromatic carbocycles. The average Bonchev–Trinajstić information content (AvgIpc) is 2.63. The van der Waals surface area contributed by atoms with Crippen molar-refractivity contribution in [3.63, 3.8) is 0 Å². The van der Waals surface area contributed by atoms with E-state index in [9.17, 15) is 4.79 Å².